The van der Waals surface area contributed by atoms with E-state index in [0.29, 0.717) is 20.1 Å². The molecule has 6 heteroatoms. The van der Waals surface area contributed by atoms with Gasteiger partial charge >= 0.3 is 0 Å². The van der Waals surface area contributed by atoms with Crippen LogP contribution < -0.4 is 0 Å². The average Bonchev–Trinajstić information content (AvgIpc) is 2.93. The van der Waals surface area contributed by atoms with Crippen molar-refractivity contribution in [2.24, 2.45) is 0 Å². The molecule has 2 aromatic carbocycles. The molecule has 1 saturated heterocycles. The van der Waals surface area contributed by atoms with Crippen LogP contribution in [-0.2, 0) is 0 Å². The molecule has 0 spiro atoms. The Bertz CT molecular complexity index is 702. The highest BCUT2D eigenvalue weighted by Gasteiger charge is 2.42. The third-order valence-electron chi connectivity index (χ3n) is 4.82. The first kappa shape index (κ1) is 19.3. The van der Waals surface area contributed by atoms with Crippen LogP contribution in [0.25, 0.3) is 0 Å². The topological polar surface area (TPSA) is 6.48 Å². The largest absolute Gasteiger partial charge is 0.282 e. The number of hydrogen-bond donors (Lipinski definition) is 0. The van der Waals surface area contributed by atoms with Crippen molar-refractivity contribution in [1.29, 1.82) is 0 Å². The Labute approximate surface area is 169 Å². The fourth-order valence-electron chi connectivity index (χ4n) is 3.62. The van der Waals surface area contributed by atoms with Gasteiger partial charge in [0.1, 0.15) is 0 Å². The molecule has 25 heavy (non-hydrogen) atoms. The molecule has 1 fully saturated rings. The van der Waals surface area contributed by atoms with Gasteiger partial charge in [0.15, 0.2) is 0 Å². The summed E-state index contributed by atoms with van der Waals surface area (Å²) in [5.41, 5.74) is 2.14. The summed E-state index contributed by atoms with van der Waals surface area (Å²) in [6.45, 7) is 7.02. The van der Waals surface area contributed by atoms with Crippen molar-refractivity contribution in [2.45, 2.75) is 25.9 Å². The predicted octanol–water partition coefficient (Wildman–Crippen LogP) is 6.70. The predicted molar refractivity (Wildman–Crippen MR) is 108 cm³/mol. The van der Waals surface area contributed by atoms with Gasteiger partial charge < -0.3 is 0 Å². The van der Waals surface area contributed by atoms with Crippen LogP contribution in [0.1, 0.15) is 37.1 Å². The van der Waals surface area contributed by atoms with Gasteiger partial charge in [0.25, 0.3) is 0 Å². The summed E-state index contributed by atoms with van der Waals surface area (Å²) in [4.78, 5) is 4.82. The standard InChI is InChI=1S/C19H20Cl4N2/c1-3-24-11-25(4-2)19(15-8-6-13(21)10-17(15)23)18(24)14-7-5-12(20)9-16(14)22/h5-10,18-19H,3-4,11H2,1-2H3. The monoisotopic (exact) mass is 416 g/mol. The van der Waals surface area contributed by atoms with Gasteiger partial charge in [-0.1, -0.05) is 72.4 Å². The van der Waals surface area contributed by atoms with Gasteiger partial charge in [0.2, 0.25) is 0 Å². The lowest BCUT2D eigenvalue weighted by atomic mass is 9.93. The summed E-state index contributed by atoms with van der Waals surface area (Å²) in [6, 6.07) is 11.7. The first-order chi connectivity index (χ1) is 12.0. The Kier molecular flexibility index (Phi) is 6.20. The number of likely N-dealkylation sites (N-methyl/N-ethyl adjacent to an activating group) is 2. The van der Waals surface area contributed by atoms with E-state index in [-0.39, 0.29) is 12.1 Å². The molecule has 0 amide bonds. The number of rotatable bonds is 4. The smallest absolute Gasteiger partial charge is 0.0573 e. The molecule has 1 aliphatic heterocycles. The normalized spacial score (nSPS) is 21.8. The van der Waals surface area contributed by atoms with Crippen molar-refractivity contribution in [1.82, 2.24) is 9.80 Å². The zero-order valence-corrected chi connectivity index (χ0v) is 17.2. The molecular formula is C19H20Cl4N2. The van der Waals surface area contributed by atoms with Crippen molar-refractivity contribution in [3.63, 3.8) is 0 Å². The molecule has 0 aromatic heterocycles. The van der Waals surface area contributed by atoms with E-state index in [2.05, 4.69) is 23.6 Å². The summed E-state index contributed by atoms with van der Waals surface area (Å²) >= 11 is 25.3. The van der Waals surface area contributed by atoms with Gasteiger partial charge in [-0.05, 0) is 48.5 Å². The first-order valence-corrected chi connectivity index (χ1v) is 9.85. The second-order valence-electron chi connectivity index (χ2n) is 6.17. The lowest BCUT2D eigenvalue weighted by Gasteiger charge is -2.30. The van der Waals surface area contributed by atoms with E-state index in [4.69, 9.17) is 46.4 Å². The van der Waals surface area contributed by atoms with Crippen molar-refractivity contribution in [2.75, 3.05) is 19.8 Å². The van der Waals surface area contributed by atoms with Gasteiger partial charge in [-0.15, -0.1) is 0 Å². The molecule has 1 aliphatic rings. The van der Waals surface area contributed by atoms with Crippen LogP contribution >= 0.6 is 46.4 Å². The van der Waals surface area contributed by atoms with Crippen molar-refractivity contribution < 1.29 is 0 Å². The minimum atomic E-state index is 0.105. The summed E-state index contributed by atoms with van der Waals surface area (Å²) in [7, 11) is 0. The van der Waals surface area contributed by atoms with Crippen LogP contribution in [0, 0.1) is 0 Å². The quantitative estimate of drug-likeness (QED) is 0.546. The minimum Gasteiger partial charge on any atom is -0.282 e. The molecule has 2 atom stereocenters. The molecule has 0 radical (unpaired) electrons. The first-order valence-electron chi connectivity index (χ1n) is 8.34. The van der Waals surface area contributed by atoms with Gasteiger partial charge in [0.05, 0.1) is 18.8 Å². The molecule has 0 aliphatic carbocycles. The van der Waals surface area contributed by atoms with E-state index in [1.165, 1.54) is 0 Å². The molecule has 134 valence electrons. The molecule has 2 nitrogen and oxygen atoms in total. The third kappa shape index (κ3) is 3.80. The number of benzene rings is 2. The zero-order valence-electron chi connectivity index (χ0n) is 14.1. The summed E-state index contributed by atoms with van der Waals surface area (Å²) in [5.74, 6) is 0. The average molecular weight is 418 g/mol. The van der Waals surface area contributed by atoms with E-state index < -0.39 is 0 Å². The zero-order chi connectivity index (χ0) is 18.1. The van der Waals surface area contributed by atoms with Crippen molar-refractivity contribution in [3.05, 3.63) is 67.6 Å². The highest BCUT2D eigenvalue weighted by atomic mass is 35.5. The van der Waals surface area contributed by atoms with E-state index in [9.17, 15) is 0 Å². The number of halogens is 4. The molecule has 0 bridgehead atoms. The Hall–Kier alpha value is -0.480. The maximum absolute atomic E-state index is 6.56. The van der Waals surface area contributed by atoms with Gasteiger partial charge in [-0.2, -0.15) is 0 Å². The Morgan fingerprint density at radius 2 is 1.16 bits per heavy atom. The van der Waals surface area contributed by atoms with Crippen LogP contribution in [0.5, 0.6) is 0 Å². The minimum absolute atomic E-state index is 0.105. The number of nitrogens with zero attached hydrogens (tertiary/aromatic N) is 2. The van der Waals surface area contributed by atoms with E-state index in [1.54, 1.807) is 12.1 Å². The fraction of sp³-hybridized carbons (Fsp3) is 0.368. The highest BCUT2D eigenvalue weighted by Crippen LogP contribution is 2.47. The van der Waals surface area contributed by atoms with Gasteiger partial charge in [-0.25, -0.2) is 0 Å². The molecule has 1 heterocycles. The Morgan fingerprint density at radius 3 is 1.48 bits per heavy atom. The van der Waals surface area contributed by atoms with Gasteiger partial charge in [0, 0.05) is 20.1 Å². The lowest BCUT2D eigenvalue weighted by Crippen LogP contribution is -2.26. The Balaban J connectivity index is 2.13. The van der Waals surface area contributed by atoms with Crippen LogP contribution in [0.15, 0.2) is 36.4 Å². The van der Waals surface area contributed by atoms with Crippen LogP contribution in [0.2, 0.25) is 20.1 Å². The molecule has 0 saturated carbocycles. The second-order valence-corrected chi connectivity index (χ2v) is 7.86. The molecular weight excluding hydrogens is 398 g/mol. The Morgan fingerprint density at radius 1 is 0.760 bits per heavy atom. The van der Waals surface area contributed by atoms with Gasteiger partial charge in [-0.3, -0.25) is 9.80 Å². The summed E-state index contributed by atoms with van der Waals surface area (Å²) < 4.78 is 0. The summed E-state index contributed by atoms with van der Waals surface area (Å²) in [6.07, 6.45) is 0. The SMILES string of the molecule is CCN1CN(CC)C(c2ccc(Cl)cc2Cl)C1c1ccc(Cl)cc1Cl. The number of hydrogen-bond acceptors (Lipinski definition) is 2. The van der Waals surface area contributed by atoms with E-state index in [0.717, 1.165) is 30.9 Å². The van der Waals surface area contributed by atoms with Crippen LogP contribution in [-0.4, -0.2) is 29.6 Å². The summed E-state index contributed by atoms with van der Waals surface area (Å²) in [5, 5.41) is 2.65. The molecule has 0 N–H and O–H groups in total. The second kappa shape index (κ2) is 8.04. The highest BCUT2D eigenvalue weighted by molar-refractivity contribution is 6.35. The van der Waals surface area contributed by atoms with Crippen LogP contribution in [0.4, 0.5) is 0 Å². The van der Waals surface area contributed by atoms with E-state index in [1.807, 2.05) is 24.3 Å². The van der Waals surface area contributed by atoms with Crippen molar-refractivity contribution >= 4 is 46.4 Å². The fourth-order valence-corrected chi connectivity index (χ4v) is 4.66. The maximum Gasteiger partial charge on any atom is 0.0573 e. The molecule has 3 rings (SSSR count). The molecule has 2 aromatic rings. The van der Waals surface area contributed by atoms with Crippen molar-refractivity contribution in [3.8, 4) is 0 Å². The third-order valence-corrected chi connectivity index (χ3v) is 5.95. The molecule has 2 unspecified atom stereocenters. The van der Waals surface area contributed by atoms with E-state index >= 15 is 0 Å². The maximum atomic E-state index is 6.56. The van der Waals surface area contributed by atoms with Crippen LogP contribution in [0.3, 0.4) is 0 Å². The lowest BCUT2D eigenvalue weighted by molar-refractivity contribution is 0.232.